The average molecular weight is 402 g/mol. The zero-order valence-corrected chi connectivity index (χ0v) is 17.8. The minimum Gasteiger partial charge on any atom is -0.330 e. The summed E-state index contributed by atoms with van der Waals surface area (Å²) >= 11 is 1.87. The number of carbonyl (C=O) groups excluding carboxylic acids is 1. The van der Waals surface area contributed by atoms with E-state index in [1.54, 1.807) is 0 Å². The van der Waals surface area contributed by atoms with Gasteiger partial charge in [0.25, 0.3) is 0 Å². The highest BCUT2D eigenvalue weighted by Crippen LogP contribution is 2.50. The van der Waals surface area contributed by atoms with Crippen molar-refractivity contribution in [1.29, 1.82) is 0 Å². The van der Waals surface area contributed by atoms with Gasteiger partial charge in [0.1, 0.15) is 0 Å². The zero-order valence-electron chi connectivity index (χ0n) is 16.9. The van der Waals surface area contributed by atoms with Crippen LogP contribution >= 0.6 is 11.8 Å². The summed E-state index contributed by atoms with van der Waals surface area (Å²) in [5, 5.41) is 0.201. The topological polar surface area (TPSA) is 20.3 Å². The molecule has 1 aliphatic heterocycles. The van der Waals surface area contributed by atoms with Crippen molar-refractivity contribution in [2.75, 3.05) is 0 Å². The summed E-state index contributed by atoms with van der Waals surface area (Å²) in [4.78, 5) is 16.5. The van der Waals surface area contributed by atoms with E-state index >= 15 is 0 Å². The number of hydrogen-bond acceptors (Lipinski definition) is 2. The van der Waals surface area contributed by atoms with E-state index in [9.17, 15) is 4.79 Å². The van der Waals surface area contributed by atoms with Crippen LogP contribution in [0.1, 0.15) is 42.7 Å². The van der Waals surface area contributed by atoms with Crippen LogP contribution in [0.5, 0.6) is 0 Å². The summed E-state index contributed by atoms with van der Waals surface area (Å²) in [6.07, 6.45) is 0.875. The summed E-state index contributed by atoms with van der Waals surface area (Å²) in [7, 11) is 0. The molecule has 1 amide bonds. The third-order valence-corrected chi connectivity index (χ3v) is 7.24. The molecule has 2 nitrogen and oxygen atoms in total. The van der Waals surface area contributed by atoms with Crippen LogP contribution < -0.4 is 0 Å². The van der Waals surface area contributed by atoms with Crippen molar-refractivity contribution >= 4 is 17.7 Å². The Kier molecular flexibility index (Phi) is 6.05. The highest BCUT2D eigenvalue weighted by atomic mass is 32.2. The predicted molar refractivity (Wildman–Crippen MR) is 121 cm³/mol. The van der Waals surface area contributed by atoms with Gasteiger partial charge in [-0.15, -0.1) is 11.8 Å². The number of rotatable bonds is 7. The van der Waals surface area contributed by atoms with Gasteiger partial charge in [0.2, 0.25) is 5.91 Å². The standard InChI is InChI=1S/C26H27NOS/c1-3-23-24(27(26(23)28)19(2)20-13-7-4-8-14-20)25(21-15-9-5-10-16-21)29-22-17-11-6-12-18-22/h4-19,23-25H,3H2,1-2H3/t19-,23?,24?,25?/m0/s1. The van der Waals surface area contributed by atoms with Crippen LogP contribution in [0.4, 0.5) is 0 Å². The van der Waals surface area contributed by atoms with Crippen molar-refractivity contribution in [1.82, 2.24) is 4.90 Å². The van der Waals surface area contributed by atoms with Crippen LogP contribution in [0, 0.1) is 5.92 Å². The van der Waals surface area contributed by atoms with Gasteiger partial charge >= 0.3 is 0 Å². The van der Waals surface area contributed by atoms with Crippen LogP contribution in [0.25, 0.3) is 0 Å². The largest absolute Gasteiger partial charge is 0.330 e. The first-order valence-electron chi connectivity index (χ1n) is 10.3. The minimum absolute atomic E-state index is 0.0686. The number of amides is 1. The third-order valence-electron chi connectivity index (χ3n) is 5.89. The number of likely N-dealkylation sites (tertiary alicyclic amines) is 1. The fourth-order valence-electron chi connectivity index (χ4n) is 4.33. The van der Waals surface area contributed by atoms with E-state index in [1.165, 1.54) is 16.0 Å². The summed E-state index contributed by atoms with van der Waals surface area (Å²) in [5.74, 6) is 0.353. The lowest BCUT2D eigenvalue weighted by atomic mass is 9.79. The van der Waals surface area contributed by atoms with Gasteiger partial charge in [-0.1, -0.05) is 85.8 Å². The normalized spacial score (nSPS) is 20.8. The Morgan fingerprint density at radius 2 is 1.34 bits per heavy atom. The van der Waals surface area contributed by atoms with Crippen molar-refractivity contribution in [2.24, 2.45) is 5.92 Å². The molecule has 1 heterocycles. The second kappa shape index (κ2) is 8.87. The monoisotopic (exact) mass is 401 g/mol. The van der Waals surface area contributed by atoms with Crippen LogP contribution in [-0.4, -0.2) is 16.8 Å². The molecule has 148 valence electrons. The lowest BCUT2D eigenvalue weighted by Gasteiger charge is -2.53. The fraction of sp³-hybridized carbons (Fsp3) is 0.269. The Bertz CT molecular complexity index is 929. The van der Waals surface area contributed by atoms with Crippen molar-refractivity contribution in [3.8, 4) is 0 Å². The van der Waals surface area contributed by atoms with Crippen molar-refractivity contribution in [3.63, 3.8) is 0 Å². The molecular weight excluding hydrogens is 374 g/mol. The highest BCUT2D eigenvalue weighted by Gasteiger charge is 2.52. The van der Waals surface area contributed by atoms with Crippen molar-refractivity contribution in [3.05, 3.63) is 102 Å². The molecule has 0 aliphatic carbocycles. The molecule has 29 heavy (non-hydrogen) atoms. The Balaban J connectivity index is 1.71. The van der Waals surface area contributed by atoms with Gasteiger partial charge in [-0.3, -0.25) is 4.79 Å². The maximum atomic E-state index is 13.1. The van der Waals surface area contributed by atoms with Gasteiger partial charge in [0.15, 0.2) is 0 Å². The summed E-state index contributed by atoms with van der Waals surface area (Å²) in [6.45, 7) is 4.29. The molecule has 0 spiro atoms. The van der Waals surface area contributed by atoms with E-state index < -0.39 is 0 Å². The molecule has 3 heteroatoms. The molecule has 4 atom stereocenters. The Morgan fingerprint density at radius 1 is 0.828 bits per heavy atom. The van der Waals surface area contributed by atoms with E-state index in [4.69, 9.17) is 0 Å². The SMILES string of the molecule is CCC1C(=O)N([C@@H](C)c2ccccc2)C1C(Sc1ccccc1)c1ccccc1. The molecule has 3 aromatic carbocycles. The van der Waals surface area contributed by atoms with Gasteiger partial charge in [0.05, 0.1) is 23.3 Å². The molecule has 1 fully saturated rings. The Labute approximate surface area is 178 Å². The Hall–Kier alpha value is -2.52. The molecule has 0 bridgehead atoms. The lowest BCUT2D eigenvalue weighted by Crippen LogP contribution is -2.63. The summed E-state index contributed by atoms with van der Waals surface area (Å²) in [5.41, 5.74) is 2.47. The number of hydrogen-bond donors (Lipinski definition) is 0. The summed E-state index contributed by atoms with van der Waals surface area (Å²) in [6, 6.07) is 31.8. The van der Waals surface area contributed by atoms with Gasteiger partial charge in [-0.05, 0) is 36.6 Å². The van der Waals surface area contributed by atoms with E-state index in [0.717, 1.165) is 6.42 Å². The van der Waals surface area contributed by atoms with Gasteiger partial charge in [0, 0.05) is 4.90 Å². The van der Waals surface area contributed by atoms with Crippen molar-refractivity contribution < 1.29 is 4.79 Å². The molecule has 0 radical (unpaired) electrons. The maximum Gasteiger partial charge on any atom is 0.228 e. The molecule has 1 aliphatic rings. The smallest absolute Gasteiger partial charge is 0.228 e. The van der Waals surface area contributed by atoms with Gasteiger partial charge in [-0.25, -0.2) is 0 Å². The zero-order chi connectivity index (χ0) is 20.2. The second-order valence-electron chi connectivity index (χ2n) is 7.60. The van der Waals surface area contributed by atoms with Gasteiger partial charge < -0.3 is 4.90 Å². The van der Waals surface area contributed by atoms with E-state index in [0.29, 0.717) is 0 Å². The first-order valence-corrected chi connectivity index (χ1v) is 11.2. The summed E-state index contributed by atoms with van der Waals surface area (Å²) < 4.78 is 0. The Morgan fingerprint density at radius 3 is 1.90 bits per heavy atom. The number of carbonyl (C=O) groups is 1. The number of β-lactam (4-membered cyclic amide) rings is 1. The second-order valence-corrected chi connectivity index (χ2v) is 8.81. The first-order chi connectivity index (χ1) is 14.2. The van der Waals surface area contributed by atoms with Crippen molar-refractivity contribution in [2.45, 2.75) is 42.5 Å². The van der Waals surface area contributed by atoms with E-state index in [2.05, 4.69) is 97.6 Å². The van der Waals surface area contributed by atoms with Crippen LogP contribution in [-0.2, 0) is 4.79 Å². The average Bonchev–Trinajstić information content (AvgIpc) is 2.78. The predicted octanol–water partition coefficient (Wildman–Crippen LogP) is 6.52. The lowest BCUT2D eigenvalue weighted by molar-refractivity contribution is -0.161. The number of thioether (sulfide) groups is 1. The first kappa shape index (κ1) is 19.8. The molecule has 1 saturated heterocycles. The van der Waals surface area contributed by atoms with E-state index in [1.807, 2.05) is 23.9 Å². The van der Waals surface area contributed by atoms with Gasteiger partial charge in [-0.2, -0.15) is 0 Å². The molecule has 3 unspecified atom stereocenters. The molecule has 3 aromatic rings. The van der Waals surface area contributed by atoms with Crippen LogP contribution in [0.15, 0.2) is 95.9 Å². The molecule has 0 aromatic heterocycles. The van der Waals surface area contributed by atoms with Crippen LogP contribution in [0.2, 0.25) is 0 Å². The number of nitrogens with zero attached hydrogens (tertiary/aromatic N) is 1. The number of benzene rings is 3. The minimum atomic E-state index is 0.0686. The molecular formula is C26H27NOS. The van der Waals surface area contributed by atoms with E-state index in [-0.39, 0.29) is 29.2 Å². The quantitative estimate of drug-likeness (QED) is 0.332. The molecule has 0 N–H and O–H groups in total. The molecule has 4 rings (SSSR count). The third kappa shape index (κ3) is 3.97. The molecule has 0 saturated carbocycles. The fourth-order valence-corrected chi connectivity index (χ4v) is 5.69. The van der Waals surface area contributed by atoms with Crippen LogP contribution in [0.3, 0.4) is 0 Å². The maximum absolute atomic E-state index is 13.1. The highest BCUT2D eigenvalue weighted by molar-refractivity contribution is 7.99.